The van der Waals surface area contributed by atoms with E-state index in [0.717, 1.165) is 6.07 Å². The van der Waals surface area contributed by atoms with E-state index in [1.807, 2.05) is 0 Å². The van der Waals surface area contributed by atoms with Crippen LogP contribution in [-0.4, -0.2) is 43.0 Å². The Morgan fingerprint density at radius 3 is 2.50 bits per heavy atom. The third-order valence-corrected chi connectivity index (χ3v) is 7.45. The number of carbonyl (C=O) groups is 1. The van der Waals surface area contributed by atoms with Crippen LogP contribution in [0.25, 0.3) is 0 Å². The Bertz CT molecular complexity index is 1040. The van der Waals surface area contributed by atoms with E-state index in [1.54, 1.807) is 24.3 Å². The maximum atomic E-state index is 12.9. The van der Waals surface area contributed by atoms with Crippen molar-refractivity contribution in [1.82, 2.24) is 4.90 Å². The van der Waals surface area contributed by atoms with Crippen LogP contribution in [0.4, 0.5) is 5.69 Å². The third-order valence-electron chi connectivity index (χ3n) is 4.67. The van der Waals surface area contributed by atoms with Crippen LogP contribution in [0, 0.1) is 10.1 Å². The van der Waals surface area contributed by atoms with Gasteiger partial charge in [0.2, 0.25) is 0 Å². The minimum absolute atomic E-state index is 0.0236. The molecule has 0 saturated carbocycles. The second-order valence-electron chi connectivity index (χ2n) is 6.38. The average molecular weight is 443 g/mol. The van der Waals surface area contributed by atoms with Gasteiger partial charge in [-0.3, -0.25) is 14.9 Å². The fourth-order valence-corrected chi connectivity index (χ4v) is 5.54. The molecule has 1 fully saturated rings. The molecule has 1 aliphatic heterocycles. The zero-order chi connectivity index (χ0) is 20.5. The number of benzene rings is 2. The molecular formula is C18H16Cl2N2O5S. The van der Waals surface area contributed by atoms with Crippen molar-refractivity contribution in [3.8, 4) is 0 Å². The monoisotopic (exact) mass is 442 g/mol. The van der Waals surface area contributed by atoms with Crippen molar-refractivity contribution >= 4 is 44.6 Å². The second-order valence-corrected chi connectivity index (χ2v) is 9.50. The van der Waals surface area contributed by atoms with Crippen molar-refractivity contribution in [3.05, 3.63) is 73.8 Å². The van der Waals surface area contributed by atoms with Crippen LogP contribution >= 0.6 is 23.2 Å². The van der Waals surface area contributed by atoms with Crippen LogP contribution in [-0.2, 0) is 9.84 Å². The van der Waals surface area contributed by atoms with Gasteiger partial charge in [-0.25, -0.2) is 8.42 Å². The maximum absolute atomic E-state index is 12.9. The first-order chi connectivity index (χ1) is 13.2. The molecule has 0 N–H and O–H groups in total. The predicted molar refractivity (Wildman–Crippen MR) is 107 cm³/mol. The summed E-state index contributed by atoms with van der Waals surface area (Å²) in [7, 11) is -3.54. The van der Waals surface area contributed by atoms with Gasteiger partial charge in [0, 0.05) is 30.2 Å². The third kappa shape index (κ3) is 4.14. The van der Waals surface area contributed by atoms with E-state index in [1.165, 1.54) is 17.0 Å². The van der Waals surface area contributed by atoms with Crippen molar-refractivity contribution in [1.29, 1.82) is 0 Å². The summed E-state index contributed by atoms with van der Waals surface area (Å²) in [5.74, 6) is -0.773. The zero-order valence-corrected chi connectivity index (χ0v) is 16.9. The van der Waals surface area contributed by atoms with Crippen LogP contribution in [0.1, 0.15) is 27.6 Å². The van der Waals surface area contributed by atoms with E-state index in [4.69, 9.17) is 23.2 Å². The number of carbonyl (C=O) groups excluding carboxylic acids is 1. The summed E-state index contributed by atoms with van der Waals surface area (Å²) in [4.78, 5) is 24.6. The van der Waals surface area contributed by atoms with Gasteiger partial charge in [-0.05, 0) is 24.1 Å². The van der Waals surface area contributed by atoms with Crippen LogP contribution in [0.5, 0.6) is 0 Å². The highest BCUT2D eigenvalue weighted by atomic mass is 35.5. The molecule has 0 aliphatic carbocycles. The molecule has 1 amide bonds. The minimum Gasteiger partial charge on any atom is -0.338 e. The van der Waals surface area contributed by atoms with Crippen LogP contribution in [0.15, 0.2) is 42.5 Å². The van der Waals surface area contributed by atoms with Gasteiger partial charge in [-0.2, -0.15) is 0 Å². The Hall–Kier alpha value is -2.16. The van der Waals surface area contributed by atoms with Gasteiger partial charge in [0.15, 0.2) is 9.84 Å². The first-order valence-corrected chi connectivity index (χ1v) is 10.9. The van der Waals surface area contributed by atoms with Crippen molar-refractivity contribution in [2.45, 2.75) is 11.7 Å². The van der Waals surface area contributed by atoms with Crippen LogP contribution < -0.4 is 0 Å². The van der Waals surface area contributed by atoms with E-state index in [9.17, 15) is 23.3 Å². The molecule has 2 aromatic carbocycles. The molecule has 0 radical (unpaired) electrons. The number of non-ortho nitro benzene ring substituents is 1. The molecule has 0 aromatic heterocycles. The van der Waals surface area contributed by atoms with Gasteiger partial charge in [0.05, 0.1) is 26.5 Å². The fourth-order valence-electron chi connectivity index (χ4n) is 3.19. The highest BCUT2D eigenvalue weighted by Crippen LogP contribution is 2.34. The number of nitro benzene ring substituents is 1. The molecule has 1 unspecified atom stereocenters. The molecule has 2 aromatic rings. The largest absolute Gasteiger partial charge is 0.338 e. The van der Waals surface area contributed by atoms with Gasteiger partial charge in [-0.15, -0.1) is 0 Å². The predicted octanol–water partition coefficient (Wildman–Crippen LogP) is 3.90. The summed E-state index contributed by atoms with van der Waals surface area (Å²) in [5.41, 5.74) is 0.223. The lowest BCUT2D eigenvalue weighted by Crippen LogP contribution is -2.33. The van der Waals surface area contributed by atoms with E-state index in [0.29, 0.717) is 10.6 Å². The summed E-state index contributed by atoms with van der Waals surface area (Å²) in [6.45, 7) is 0.133. The van der Waals surface area contributed by atoms with Crippen LogP contribution in [0.2, 0.25) is 10.0 Å². The van der Waals surface area contributed by atoms with Crippen LogP contribution in [0.3, 0.4) is 0 Å². The lowest BCUT2D eigenvalue weighted by molar-refractivity contribution is -0.384. The number of halogens is 2. The average Bonchev–Trinajstić information content (AvgIpc) is 2.80. The van der Waals surface area contributed by atoms with Gasteiger partial charge < -0.3 is 4.90 Å². The number of nitrogens with zero attached hydrogens (tertiary/aromatic N) is 2. The number of nitro groups is 1. The molecule has 1 heterocycles. The normalized spacial score (nSPS) is 19.1. The second kappa shape index (κ2) is 8.06. The van der Waals surface area contributed by atoms with Gasteiger partial charge >= 0.3 is 0 Å². The Labute approximate surface area is 171 Å². The quantitative estimate of drug-likeness (QED) is 0.529. The molecule has 1 aliphatic rings. The first-order valence-electron chi connectivity index (χ1n) is 8.40. The Kier molecular flexibility index (Phi) is 5.92. The maximum Gasteiger partial charge on any atom is 0.270 e. The molecule has 148 valence electrons. The molecular weight excluding hydrogens is 427 g/mol. The van der Waals surface area contributed by atoms with E-state index in [2.05, 4.69) is 0 Å². The minimum atomic E-state index is -3.54. The summed E-state index contributed by atoms with van der Waals surface area (Å²) >= 11 is 12.2. The summed E-state index contributed by atoms with van der Waals surface area (Å²) in [6, 6.07) is 10.3. The van der Waals surface area contributed by atoms with Crippen molar-refractivity contribution in [2.24, 2.45) is 0 Å². The Morgan fingerprint density at radius 1 is 1.11 bits per heavy atom. The Balaban J connectivity index is 1.89. The van der Waals surface area contributed by atoms with Crippen molar-refractivity contribution in [2.75, 3.05) is 18.8 Å². The molecule has 0 bridgehead atoms. The van der Waals surface area contributed by atoms with Crippen molar-refractivity contribution in [3.63, 3.8) is 0 Å². The number of amides is 1. The molecule has 7 nitrogen and oxygen atoms in total. The molecule has 1 atom stereocenters. The van der Waals surface area contributed by atoms with Gasteiger partial charge in [-0.1, -0.05) is 41.4 Å². The topological polar surface area (TPSA) is 97.6 Å². The number of hydrogen-bond donors (Lipinski definition) is 0. The molecule has 28 heavy (non-hydrogen) atoms. The zero-order valence-electron chi connectivity index (χ0n) is 14.5. The number of sulfone groups is 1. The summed E-state index contributed by atoms with van der Waals surface area (Å²) in [5, 5.41) is 10.6. The number of rotatable bonds is 3. The molecule has 1 saturated heterocycles. The lowest BCUT2D eigenvalue weighted by Gasteiger charge is -2.20. The van der Waals surface area contributed by atoms with Crippen molar-refractivity contribution < 1.29 is 18.1 Å². The standard InChI is InChI=1S/C18H16Cl2N2O5S/c19-15-4-2-1-3-13(15)17-7-8-21(9-10-28(17,26)27)18(23)14-11-12(22(24)25)5-6-16(14)20/h1-6,11,17H,7-10H2. The SMILES string of the molecule is O=C(c1cc([N+](=O)[O-])ccc1Cl)N1CCC(c2ccccc2Cl)S(=O)(=O)CC1. The smallest absolute Gasteiger partial charge is 0.270 e. The van der Waals surface area contributed by atoms with E-state index < -0.39 is 25.9 Å². The first kappa shape index (κ1) is 20.6. The lowest BCUT2D eigenvalue weighted by atomic mass is 10.1. The molecule has 3 rings (SSSR count). The summed E-state index contributed by atoms with van der Waals surface area (Å²) < 4.78 is 25.5. The highest BCUT2D eigenvalue weighted by molar-refractivity contribution is 7.91. The van der Waals surface area contributed by atoms with Gasteiger partial charge in [0.25, 0.3) is 11.6 Å². The number of hydrogen-bond acceptors (Lipinski definition) is 5. The molecule has 10 heteroatoms. The highest BCUT2D eigenvalue weighted by Gasteiger charge is 2.34. The van der Waals surface area contributed by atoms with E-state index >= 15 is 0 Å². The Morgan fingerprint density at radius 2 is 1.82 bits per heavy atom. The van der Waals surface area contributed by atoms with E-state index in [-0.39, 0.29) is 41.5 Å². The fraction of sp³-hybridized carbons (Fsp3) is 0.278. The summed E-state index contributed by atoms with van der Waals surface area (Å²) in [6.07, 6.45) is 0.171. The van der Waals surface area contributed by atoms with Gasteiger partial charge in [0.1, 0.15) is 0 Å². The molecule has 0 spiro atoms.